The van der Waals surface area contributed by atoms with E-state index in [1.807, 2.05) is 80.3 Å². The van der Waals surface area contributed by atoms with Crippen LogP contribution in [0.15, 0.2) is 106 Å². The van der Waals surface area contributed by atoms with Crippen molar-refractivity contribution in [3.05, 3.63) is 135 Å². The van der Waals surface area contributed by atoms with Gasteiger partial charge in [-0.3, -0.25) is 10.1 Å². The van der Waals surface area contributed by atoms with Crippen LogP contribution in [0, 0.1) is 10.1 Å². The third-order valence-electron chi connectivity index (χ3n) is 9.91. The molecule has 0 fully saturated rings. The summed E-state index contributed by atoms with van der Waals surface area (Å²) >= 11 is 0. The van der Waals surface area contributed by atoms with Gasteiger partial charge in [-0.15, -0.1) is 0 Å². The molecule has 17 heteroatoms. The Bertz CT molecular complexity index is 2520. The number of non-ortho nitro benzene ring substituents is 1. The van der Waals surface area contributed by atoms with Crippen LogP contribution in [-0.4, -0.2) is 55.9 Å². The van der Waals surface area contributed by atoms with E-state index in [1.165, 1.54) is 24.3 Å². The smallest absolute Gasteiger partial charge is 0.748 e. The van der Waals surface area contributed by atoms with Gasteiger partial charge in [-0.05, 0) is 86.4 Å². The summed E-state index contributed by atoms with van der Waals surface area (Å²) in [7, 11) is -9.16. The number of fused-ring (bicyclic) bond motifs is 2. The Labute approximate surface area is 366 Å². The number of anilines is 1. The van der Waals surface area contributed by atoms with E-state index >= 15 is 0 Å². The summed E-state index contributed by atoms with van der Waals surface area (Å²) in [5.41, 5.74) is 4.27. The largest absolute Gasteiger partial charge is 1.00 e. The molecule has 14 nitrogen and oxygen atoms in total. The fourth-order valence-corrected chi connectivity index (χ4v) is 8.11. The maximum atomic E-state index is 12.0. The van der Waals surface area contributed by atoms with E-state index in [0.717, 1.165) is 39.9 Å². The number of allylic oxidation sites excluding steroid dienone is 5. The fourth-order valence-electron chi connectivity index (χ4n) is 7.13. The van der Waals surface area contributed by atoms with Crippen LogP contribution in [-0.2, 0) is 41.8 Å². The van der Waals surface area contributed by atoms with Crippen LogP contribution in [0.5, 0.6) is 0 Å². The third kappa shape index (κ3) is 12.5. The number of rotatable bonds is 15. The first-order valence-corrected chi connectivity index (χ1v) is 21.6. The van der Waals surface area contributed by atoms with E-state index in [0.29, 0.717) is 36.5 Å². The molecule has 0 aromatic heterocycles. The predicted molar refractivity (Wildman–Crippen MR) is 216 cm³/mol. The Hall–Kier alpha value is -4.51. The average molecular weight is 856 g/mol. The molecule has 0 N–H and O–H groups in total. The number of nitro benzene ring substituents is 1. The van der Waals surface area contributed by atoms with E-state index in [-0.39, 0.29) is 65.2 Å². The normalized spacial score (nSPS) is 16.5. The van der Waals surface area contributed by atoms with Gasteiger partial charge in [0.2, 0.25) is 5.36 Å². The van der Waals surface area contributed by atoms with Gasteiger partial charge in [0.1, 0.15) is 28.2 Å². The van der Waals surface area contributed by atoms with E-state index in [2.05, 4.69) is 18.4 Å². The van der Waals surface area contributed by atoms with Gasteiger partial charge < -0.3 is 18.4 Å². The predicted octanol–water partition coefficient (Wildman–Crippen LogP) is 3.70. The van der Waals surface area contributed by atoms with Crippen molar-refractivity contribution in [1.29, 1.82) is 0 Å². The van der Waals surface area contributed by atoms with Gasteiger partial charge in [0.15, 0.2) is 6.54 Å². The van der Waals surface area contributed by atoms with Gasteiger partial charge >= 0.3 is 35.7 Å². The Kier molecular flexibility index (Phi) is 17.5. The van der Waals surface area contributed by atoms with Crippen molar-refractivity contribution < 1.29 is 74.4 Å². The van der Waals surface area contributed by atoms with E-state index in [9.17, 15) is 36.1 Å². The van der Waals surface area contributed by atoms with Crippen LogP contribution in [0.4, 0.5) is 11.4 Å². The summed E-state index contributed by atoms with van der Waals surface area (Å²) in [5, 5.41) is 12.1. The maximum Gasteiger partial charge on any atom is 1.00 e. The van der Waals surface area contributed by atoms with Crippen molar-refractivity contribution in [1.82, 2.24) is 4.58 Å². The first-order chi connectivity index (χ1) is 27.4. The first kappa shape index (κ1) is 48.9. The van der Waals surface area contributed by atoms with E-state index in [1.54, 1.807) is 18.2 Å². The Balaban J connectivity index is 0.00000225. The quantitative estimate of drug-likeness (QED) is 0.0419. The second-order valence-electron chi connectivity index (χ2n) is 14.2. The minimum absolute atomic E-state index is 0. The third-order valence-corrected chi connectivity index (χ3v) is 11.5. The summed E-state index contributed by atoms with van der Waals surface area (Å²) in [6, 6.07) is 18.9. The molecule has 0 saturated heterocycles. The second kappa shape index (κ2) is 21.1. The summed E-state index contributed by atoms with van der Waals surface area (Å²) < 4.78 is 78.8. The number of nitrogens with zero attached hydrogens (tertiary/aromatic N) is 3. The number of carbonyl (C=O) groups excluding carboxylic acids is 2. The standard InChI is InChI=1S/C41H47N3O9S2.CO2.Na/c1-6-22-41(5)36-27-34(55(50,51)52)19-21-37(36)43(23-11-24-54(47,48)49)40(41)13-10-8-9-12-31-25-38(29(3)4)53-39-26-33(18-20-35(31)39)42(7-2)28-30-14-16-32(17-15-30)44(45)46;2-1-3;/h8-10,12-21,25-27,29H,6-7,11,22-24,28H2,1-5H3,(H-,47,48,49,50,51,52);;/q;;+1/p-1. The molecule has 1 unspecified atom stereocenters. The van der Waals surface area contributed by atoms with Gasteiger partial charge in [-0.1, -0.05) is 51.5 Å². The molecule has 0 saturated carbocycles. The number of nitro groups is 1. The zero-order chi connectivity index (χ0) is 42.8. The van der Waals surface area contributed by atoms with Crippen molar-refractivity contribution in [2.75, 3.05) is 23.7 Å². The minimum atomic E-state index is -4.72. The van der Waals surface area contributed by atoms with Crippen LogP contribution in [0.1, 0.15) is 82.2 Å². The number of hydrogen-bond donors (Lipinski definition) is 0. The zero-order valence-electron chi connectivity index (χ0n) is 33.9. The molecule has 59 heavy (non-hydrogen) atoms. The molecule has 1 atom stereocenters. The molecule has 2 aromatic rings. The van der Waals surface area contributed by atoms with Crippen LogP contribution in [0.2, 0.25) is 0 Å². The van der Waals surface area contributed by atoms with Crippen molar-refractivity contribution in [3.63, 3.8) is 0 Å². The summed E-state index contributed by atoms with van der Waals surface area (Å²) in [6.45, 7) is 11.6. The number of benzene rings is 3. The molecule has 1 aliphatic carbocycles. The fraction of sp³-hybridized carbons (Fsp3) is 0.333. The van der Waals surface area contributed by atoms with Gasteiger partial charge in [0.25, 0.3) is 5.69 Å². The van der Waals surface area contributed by atoms with Gasteiger partial charge in [0, 0.05) is 64.3 Å². The first-order valence-electron chi connectivity index (χ1n) is 18.6. The van der Waals surface area contributed by atoms with E-state index < -0.39 is 36.3 Å². The molecule has 0 bridgehead atoms. The van der Waals surface area contributed by atoms with Crippen molar-refractivity contribution in [2.45, 2.75) is 76.7 Å². The monoisotopic (exact) mass is 855 g/mol. The van der Waals surface area contributed by atoms with Gasteiger partial charge in [0.05, 0.1) is 26.0 Å². The van der Waals surface area contributed by atoms with Crippen LogP contribution < -0.4 is 44.4 Å². The Morgan fingerprint density at radius 3 is 2.19 bits per heavy atom. The SMILES string of the molecule is CCCC1(C)\C(=C/C=C/C=C/c2cc(C(C)C)oc3cc(=[N+](CC)Cc4ccc([N+](=O)[O-])cc4)ccc2-3)N(CCCS(=O)(=O)[O-])c2ccc(S(=O)(=O)[O-])cc21.O=C=O.[Na+]. The molecule has 0 amide bonds. The molecular formula is C42H46N3NaO11S2. The molecule has 2 aliphatic heterocycles. The summed E-state index contributed by atoms with van der Waals surface area (Å²) in [4.78, 5) is 28.5. The van der Waals surface area contributed by atoms with Crippen molar-refractivity contribution in [2.24, 2.45) is 0 Å². The minimum Gasteiger partial charge on any atom is -0.748 e. The van der Waals surface area contributed by atoms with E-state index in [4.69, 9.17) is 14.0 Å². The van der Waals surface area contributed by atoms with Crippen molar-refractivity contribution >= 4 is 43.8 Å². The molecule has 2 heterocycles. The van der Waals surface area contributed by atoms with Crippen LogP contribution in [0.25, 0.3) is 17.4 Å². The maximum absolute atomic E-state index is 12.0. The molecular weight excluding hydrogens is 810 g/mol. The summed E-state index contributed by atoms with van der Waals surface area (Å²) in [6.07, 6.45) is 11.2. The molecule has 3 aliphatic rings. The molecule has 0 radical (unpaired) electrons. The van der Waals surface area contributed by atoms with Gasteiger partial charge in [-0.25, -0.2) is 21.4 Å². The van der Waals surface area contributed by atoms with Crippen molar-refractivity contribution in [3.8, 4) is 11.3 Å². The van der Waals surface area contributed by atoms with Crippen LogP contribution >= 0.6 is 0 Å². The zero-order valence-corrected chi connectivity index (χ0v) is 37.5. The Morgan fingerprint density at radius 1 is 0.932 bits per heavy atom. The van der Waals surface area contributed by atoms with Gasteiger partial charge in [-0.2, -0.15) is 9.59 Å². The average Bonchev–Trinajstić information content (AvgIpc) is 3.38. The topological polar surface area (TPSA) is 211 Å². The number of hydrogen-bond acceptors (Lipinski definition) is 12. The molecule has 0 spiro atoms. The second-order valence-corrected chi connectivity index (χ2v) is 17.1. The molecule has 308 valence electrons. The molecule has 2 aromatic carbocycles. The molecule has 5 rings (SSSR count). The van der Waals surface area contributed by atoms with Crippen LogP contribution in [0.3, 0.4) is 0 Å². The Morgan fingerprint density at radius 2 is 1.61 bits per heavy atom. The summed E-state index contributed by atoms with van der Waals surface area (Å²) in [5.74, 6) is 1.09.